The van der Waals surface area contributed by atoms with Gasteiger partial charge in [0.1, 0.15) is 17.6 Å². The van der Waals surface area contributed by atoms with Gasteiger partial charge in [0.15, 0.2) is 0 Å². The van der Waals surface area contributed by atoms with Crippen molar-refractivity contribution in [1.82, 2.24) is 15.1 Å². The van der Waals surface area contributed by atoms with Crippen LogP contribution in [0.4, 0.5) is 18.0 Å². The topological polar surface area (TPSA) is 83.2 Å². The van der Waals surface area contributed by atoms with Crippen molar-refractivity contribution in [2.75, 3.05) is 39.8 Å². The van der Waals surface area contributed by atoms with Crippen LogP contribution in [-0.2, 0) is 6.18 Å². The van der Waals surface area contributed by atoms with Crippen LogP contribution in [0.15, 0.2) is 71.7 Å². The molecule has 224 valence electrons. The molecule has 2 amide bonds. The highest BCUT2D eigenvalue weighted by molar-refractivity contribution is 6.30. The molecule has 1 saturated heterocycles. The third kappa shape index (κ3) is 6.83. The third-order valence-corrected chi connectivity index (χ3v) is 7.44. The lowest BCUT2D eigenvalue weighted by atomic mass is 9.93. The Hall–Kier alpha value is -3.31. The number of aliphatic imine (C=N–C) groups is 1. The van der Waals surface area contributed by atoms with E-state index in [1.54, 1.807) is 41.0 Å². The second kappa shape index (κ2) is 13.8. The van der Waals surface area contributed by atoms with E-state index < -0.39 is 23.8 Å². The standard InChI is InChI=1S/C29H27Cl2F3N4O2.CH5N/c1-2-40-24-17-20(29(32,33)34)7-12-23(24)27-36-25(18-3-8-21(30)9-4-18)26(19-5-10-22(31)11-6-19)38(27)28(39)37-15-13-35-14-16-37;1-2/h3-12,17,25-26,35H,2,13-16H2,1H3;2H2,1H3. The molecule has 0 radical (unpaired) electrons. The molecule has 3 aromatic carbocycles. The predicted octanol–water partition coefficient (Wildman–Crippen LogP) is 6.56. The molecule has 5 rings (SSSR count). The summed E-state index contributed by atoms with van der Waals surface area (Å²) in [6, 6.07) is 16.1. The fourth-order valence-electron chi connectivity index (χ4n) is 5.02. The van der Waals surface area contributed by atoms with Gasteiger partial charge in [-0.2, -0.15) is 13.2 Å². The zero-order valence-electron chi connectivity index (χ0n) is 23.2. The SMILES string of the molecule is CCOc1cc(C(F)(F)F)ccc1C1=NC(c2ccc(Cl)cc2)C(c2ccc(Cl)cc2)N1C(=O)N1CCNCC1.CN. The number of nitrogens with one attached hydrogen (secondary N) is 1. The van der Waals surface area contributed by atoms with E-state index in [-0.39, 0.29) is 24.2 Å². The highest BCUT2D eigenvalue weighted by Gasteiger charge is 2.45. The summed E-state index contributed by atoms with van der Waals surface area (Å²) in [5.74, 6) is 0.237. The van der Waals surface area contributed by atoms with Crippen LogP contribution in [0.25, 0.3) is 0 Å². The Balaban J connectivity index is 0.00000198. The first kappa shape index (κ1) is 31.6. The molecule has 0 spiro atoms. The Bertz CT molecular complexity index is 1400. The molecule has 2 aliphatic rings. The lowest BCUT2D eigenvalue weighted by molar-refractivity contribution is -0.137. The van der Waals surface area contributed by atoms with Crippen LogP contribution in [0.2, 0.25) is 10.0 Å². The molecular weight excluding hydrogens is 590 g/mol. The van der Waals surface area contributed by atoms with Crippen molar-refractivity contribution in [3.63, 3.8) is 0 Å². The van der Waals surface area contributed by atoms with Crippen LogP contribution < -0.4 is 15.8 Å². The minimum absolute atomic E-state index is 0.000739. The Morgan fingerprint density at radius 3 is 2.10 bits per heavy atom. The number of nitrogens with zero attached hydrogens (tertiary/aromatic N) is 3. The van der Waals surface area contributed by atoms with Crippen molar-refractivity contribution in [2.45, 2.75) is 25.2 Å². The van der Waals surface area contributed by atoms with E-state index in [9.17, 15) is 18.0 Å². The average Bonchev–Trinajstić information content (AvgIpc) is 3.39. The molecule has 0 aliphatic carbocycles. The summed E-state index contributed by atoms with van der Waals surface area (Å²) < 4.78 is 46.5. The number of halogens is 5. The molecule has 2 heterocycles. The Kier molecular flexibility index (Phi) is 10.4. The van der Waals surface area contributed by atoms with Gasteiger partial charge < -0.3 is 20.7 Å². The number of ether oxygens (including phenoxy) is 1. The van der Waals surface area contributed by atoms with Crippen molar-refractivity contribution in [2.24, 2.45) is 10.7 Å². The van der Waals surface area contributed by atoms with Gasteiger partial charge in [-0.05, 0) is 67.6 Å². The number of carbonyl (C=O) groups is 1. The number of urea groups is 1. The number of amides is 2. The zero-order chi connectivity index (χ0) is 30.4. The molecule has 0 saturated carbocycles. The van der Waals surface area contributed by atoms with Crippen LogP contribution in [0.3, 0.4) is 0 Å². The number of alkyl halides is 3. The molecular formula is C30H32Cl2F3N5O2. The van der Waals surface area contributed by atoms with E-state index in [1.165, 1.54) is 13.1 Å². The molecule has 0 aromatic heterocycles. The lowest BCUT2D eigenvalue weighted by Crippen LogP contribution is -2.53. The summed E-state index contributed by atoms with van der Waals surface area (Å²) >= 11 is 12.4. The molecule has 7 nitrogen and oxygen atoms in total. The maximum absolute atomic E-state index is 14.2. The smallest absolute Gasteiger partial charge is 0.416 e. The van der Waals surface area contributed by atoms with E-state index in [0.29, 0.717) is 41.8 Å². The van der Waals surface area contributed by atoms with E-state index in [1.807, 2.05) is 24.3 Å². The quantitative estimate of drug-likeness (QED) is 0.338. The van der Waals surface area contributed by atoms with Crippen molar-refractivity contribution in [1.29, 1.82) is 0 Å². The first-order chi connectivity index (χ1) is 20.2. The predicted molar refractivity (Wildman–Crippen MR) is 159 cm³/mol. The normalized spacial score (nSPS) is 18.7. The fourth-order valence-corrected chi connectivity index (χ4v) is 5.27. The summed E-state index contributed by atoms with van der Waals surface area (Å²) in [7, 11) is 1.50. The number of rotatable bonds is 5. The molecule has 0 bridgehead atoms. The molecule has 3 aromatic rings. The third-order valence-electron chi connectivity index (χ3n) is 6.93. The van der Waals surface area contributed by atoms with Crippen molar-refractivity contribution in [3.8, 4) is 5.75 Å². The van der Waals surface area contributed by atoms with Gasteiger partial charge in [0, 0.05) is 36.2 Å². The van der Waals surface area contributed by atoms with Gasteiger partial charge in [0.2, 0.25) is 0 Å². The second-order valence-corrected chi connectivity index (χ2v) is 10.3. The minimum Gasteiger partial charge on any atom is -0.493 e. The van der Waals surface area contributed by atoms with Crippen molar-refractivity contribution < 1.29 is 22.7 Å². The average molecular weight is 623 g/mol. The van der Waals surface area contributed by atoms with Gasteiger partial charge in [0.05, 0.1) is 23.8 Å². The summed E-state index contributed by atoms with van der Waals surface area (Å²) in [4.78, 5) is 22.6. The van der Waals surface area contributed by atoms with E-state index in [0.717, 1.165) is 23.3 Å². The molecule has 3 N–H and O–H groups in total. The first-order valence-corrected chi connectivity index (χ1v) is 14.2. The van der Waals surface area contributed by atoms with E-state index in [2.05, 4.69) is 11.1 Å². The van der Waals surface area contributed by atoms with Crippen molar-refractivity contribution in [3.05, 3.63) is 99.0 Å². The molecule has 2 aliphatic heterocycles. The lowest BCUT2D eigenvalue weighted by Gasteiger charge is -2.36. The highest BCUT2D eigenvalue weighted by Crippen LogP contribution is 2.46. The number of carbonyl (C=O) groups excluding carboxylic acids is 1. The van der Waals surface area contributed by atoms with Gasteiger partial charge in [-0.3, -0.25) is 9.89 Å². The molecule has 12 heteroatoms. The van der Waals surface area contributed by atoms with Gasteiger partial charge in [-0.25, -0.2) is 4.79 Å². The molecule has 2 atom stereocenters. The number of hydrogen-bond acceptors (Lipinski definition) is 5. The number of hydrogen-bond donors (Lipinski definition) is 2. The van der Waals surface area contributed by atoms with Gasteiger partial charge in [0.25, 0.3) is 0 Å². The van der Waals surface area contributed by atoms with Crippen LogP contribution in [0.1, 0.15) is 41.3 Å². The van der Waals surface area contributed by atoms with Crippen LogP contribution in [0.5, 0.6) is 5.75 Å². The van der Waals surface area contributed by atoms with Gasteiger partial charge in [-0.15, -0.1) is 0 Å². The minimum atomic E-state index is -4.56. The van der Waals surface area contributed by atoms with E-state index >= 15 is 0 Å². The molecule has 1 fully saturated rings. The number of amidine groups is 1. The Morgan fingerprint density at radius 2 is 1.55 bits per heavy atom. The molecule has 2 unspecified atom stereocenters. The van der Waals surface area contributed by atoms with Gasteiger partial charge >= 0.3 is 12.2 Å². The summed E-state index contributed by atoms with van der Waals surface area (Å²) in [5.41, 5.74) is 5.52. The molecule has 42 heavy (non-hydrogen) atoms. The zero-order valence-corrected chi connectivity index (χ0v) is 24.7. The maximum atomic E-state index is 14.2. The van der Waals surface area contributed by atoms with Crippen LogP contribution in [-0.4, -0.2) is 61.5 Å². The Morgan fingerprint density at radius 1 is 0.976 bits per heavy atom. The summed E-state index contributed by atoms with van der Waals surface area (Å²) in [5, 5.41) is 4.32. The Labute approximate surface area is 253 Å². The highest BCUT2D eigenvalue weighted by atomic mass is 35.5. The monoisotopic (exact) mass is 621 g/mol. The largest absolute Gasteiger partial charge is 0.493 e. The summed E-state index contributed by atoms with van der Waals surface area (Å²) in [6.45, 7) is 4.04. The van der Waals surface area contributed by atoms with Crippen LogP contribution >= 0.6 is 23.2 Å². The first-order valence-electron chi connectivity index (χ1n) is 13.5. The van der Waals surface area contributed by atoms with Gasteiger partial charge in [-0.1, -0.05) is 47.5 Å². The van der Waals surface area contributed by atoms with Crippen LogP contribution in [0, 0.1) is 0 Å². The number of benzene rings is 3. The van der Waals surface area contributed by atoms with E-state index in [4.69, 9.17) is 32.9 Å². The fraction of sp³-hybridized carbons (Fsp3) is 0.333. The number of piperazine rings is 1. The summed E-state index contributed by atoms with van der Waals surface area (Å²) in [6.07, 6.45) is -4.56. The number of nitrogens with two attached hydrogens (primary N) is 1. The maximum Gasteiger partial charge on any atom is 0.416 e. The van der Waals surface area contributed by atoms with Crippen molar-refractivity contribution >= 4 is 35.1 Å². The second-order valence-electron chi connectivity index (χ2n) is 9.48.